The van der Waals surface area contributed by atoms with Crippen molar-refractivity contribution in [3.8, 4) is 5.75 Å². The molecule has 3 N–H and O–H groups in total. The number of carbonyl (C=O) groups is 1. The van der Waals surface area contributed by atoms with Gasteiger partial charge in [-0.25, -0.2) is 0 Å². The number of benzene rings is 2. The van der Waals surface area contributed by atoms with Crippen molar-refractivity contribution in [1.82, 2.24) is 0 Å². The molecular weight excluding hydrogens is 388 g/mol. The van der Waals surface area contributed by atoms with Gasteiger partial charge in [0.2, 0.25) is 0 Å². The zero-order valence-electron chi connectivity index (χ0n) is 10.6. The number of nitrogens with two attached hydrogens (primary N) is 1. The van der Waals surface area contributed by atoms with Crippen LogP contribution in [0.5, 0.6) is 5.75 Å². The molecule has 0 unspecified atom stereocenters. The lowest BCUT2D eigenvalue weighted by Gasteiger charge is -2.11. The van der Waals surface area contributed by atoms with Gasteiger partial charge >= 0.3 is 0 Å². The summed E-state index contributed by atoms with van der Waals surface area (Å²) in [5, 5.41) is 2.77. The van der Waals surface area contributed by atoms with Crippen molar-refractivity contribution in [2.75, 3.05) is 18.2 Å². The van der Waals surface area contributed by atoms with Crippen molar-refractivity contribution in [3.63, 3.8) is 0 Å². The quantitative estimate of drug-likeness (QED) is 0.765. The Morgan fingerprint density at radius 3 is 2.60 bits per heavy atom. The van der Waals surface area contributed by atoms with E-state index >= 15 is 0 Å². The van der Waals surface area contributed by atoms with Crippen molar-refractivity contribution < 1.29 is 9.53 Å². The van der Waals surface area contributed by atoms with E-state index in [0.29, 0.717) is 27.2 Å². The highest BCUT2D eigenvalue weighted by Crippen LogP contribution is 2.27. The summed E-state index contributed by atoms with van der Waals surface area (Å²) >= 11 is 6.71. The molecule has 0 bridgehead atoms. The molecule has 0 saturated carbocycles. The summed E-state index contributed by atoms with van der Waals surface area (Å²) in [6.07, 6.45) is 0. The third-order valence-corrected chi connectivity index (χ3v) is 3.83. The minimum absolute atomic E-state index is 0.246. The van der Waals surface area contributed by atoms with Gasteiger partial charge in [0.15, 0.2) is 0 Å². The zero-order valence-corrected chi connectivity index (χ0v) is 13.8. The van der Waals surface area contributed by atoms with Gasteiger partial charge in [-0.2, -0.15) is 0 Å². The Morgan fingerprint density at radius 2 is 1.95 bits per heavy atom. The van der Waals surface area contributed by atoms with Crippen LogP contribution in [0.4, 0.5) is 11.4 Å². The van der Waals surface area contributed by atoms with E-state index < -0.39 is 0 Å². The van der Waals surface area contributed by atoms with Gasteiger partial charge in [-0.05, 0) is 46.3 Å². The summed E-state index contributed by atoms with van der Waals surface area (Å²) in [7, 11) is 1.56. The lowest BCUT2D eigenvalue weighted by molar-refractivity contribution is 0.102. The van der Waals surface area contributed by atoms with Crippen molar-refractivity contribution in [2.24, 2.45) is 0 Å². The maximum Gasteiger partial charge on any atom is 0.256 e. The molecule has 0 aliphatic carbocycles. The van der Waals surface area contributed by atoms with E-state index in [1.165, 1.54) is 0 Å². The summed E-state index contributed by atoms with van der Waals surface area (Å²) in [5.74, 6) is 0.383. The first kappa shape index (κ1) is 14.9. The van der Waals surface area contributed by atoms with Crippen molar-refractivity contribution in [1.29, 1.82) is 0 Å². The summed E-state index contributed by atoms with van der Waals surface area (Å²) < 4.78 is 6.70. The number of hydrogen-bond donors (Lipinski definition) is 2. The Kier molecular flexibility index (Phi) is 4.67. The van der Waals surface area contributed by atoms with E-state index in [2.05, 4.69) is 37.2 Å². The number of carbonyl (C=O) groups excluding carboxylic acids is 1. The lowest BCUT2D eigenvalue weighted by atomic mass is 10.2. The third-order valence-electron chi connectivity index (χ3n) is 2.68. The molecule has 0 heterocycles. The zero-order chi connectivity index (χ0) is 14.7. The molecule has 0 saturated heterocycles. The second-order valence-corrected chi connectivity index (χ2v) is 5.80. The summed E-state index contributed by atoms with van der Waals surface area (Å²) in [6, 6.07) is 10.4. The molecule has 1 amide bonds. The molecule has 4 nitrogen and oxygen atoms in total. The Labute approximate surface area is 133 Å². The molecule has 0 aliphatic heterocycles. The third kappa shape index (κ3) is 3.32. The molecule has 2 aromatic carbocycles. The van der Waals surface area contributed by atoms with E-state index in [1.54, 1.807) is 37.4 Å². The predicted octanol–water partition coefficient (Wildman–Crippen LogP) is 4.05. The van der Waals surface area contributed by atoms with Crippen LogP contribution in [0.1, 0.15) is 10.4 Å². The fourth-order valence-corrected chi connectivity index (χ4v) is 2.86. The monoisotopic (exact) mass is 398 g/mol. The number of amides is 1. The van der Waals surface area contributed by atoms with Crippen molar-refractivity contribution >= 4 is 49.1 Å². The molecular formula is C14H12Br2N2O2. The average molecular weight is 400 g/mol. The largest absolute Gasteiger partial charge is 0.497 e. The van der Waals surface area contributed by atoms with Crippen LogP contribution >= 0.6 is 31.9 Å². The molecule has 20 heavy (non-hydrogen) atoms. The van der Waals surface area contributed by atoms with Crippen LogP contribution < -0.4 is 15.8 Å². The van der Waals surface area contributed by atoms with E-state index in [4.69, 9.17) is 10.5 Å². The second kappa shape index (κ2) is 6.28. The van der Waals surface area contributed by atoms with Gasteiger partial charge in [0.1, 0.15) is 5.75 Å². The molecule has 2 aromatic rings. The van der Waals surface area contributed by atoms with Gasteiger partial charge < -0.3 is 15.8 Å². The number of methoxy groups -OCH3 is 1. The summed E-state index contributed by atoms with van der Waals surface area (Å²) in [5.41, 5.74) is 7.36. The predicted molar refractivity (Wildman–Crippen MR) is 87.2 cm³/mol. The Hall–Kier alpha value is -1.53. The second-order valence-electron chi connectivity index (χ2n) is 4.03. The molecule has 0 spiro atoms. The van der Waals surface area contributed by atoms with E-state index in [1.807, 2.05) is 6.07 Å². The average Bonchev–Trinajstić information content (AvgIpc) is 2.41. The smallest absolute Gasteiger partial charge is 0.256 e. The molecule has 0 aromatic heterocycles. The minimum atomic E-state index is -0.246. The Balaban J connectivity index is 2.27. The highest BCUT2D eigenvalue weighted by atomic mass is 79.9. The fourth-order valence-electron chi connectivity index (χ4n) is 1.63. The Morgan fingerprint density at radius 1 is 1.20 bits per heavy atom. The van der Waals surface area contributed by atoms with Gasteiger partial charge in [-0.3, -0.25) is 4.79 Å². The molecule has 2 rings (SSSR count). The number of hydrogen-bond acceptors (Lipinski definition) is 3. The normalized spacial score (nSPS) is 10.2. The number of halogens is 2. The minimum Gasteiger partial charge on any atom is -0.497 e. The van der Waals surface area contributed by atoms with E-state index in [9.17, 15) is 4.79 Å². The van der Waals surface area contributed by atoms with Gasteiger partial charge in [0, 0.05) is 15.0 Å². The molecule has 104 valence electrons. The number of ether oxygens (including phenoxy) is 1. The van der Waals surface area contributed by atoms with Crippen LogP contribution in [0.2, 0.25) is 0 Å². The summed E-state index contributed by atoms with van der Waals surface area (Å²) in [4.78, 5) is 12.2. The first-order valence-corrected chi connectivity index (χ1v) is 7.30. The van der Waals surface area contributed by atoms with Crippen LogP contribution in [0.15, 0.2) is 45.3 Å². The highest BCUT2D eigenvalue weighted by Gasteiger charge is 2.12. The maximum absolute atomic E-state index is 12.2. The van der Waals surface area contributed by atoms with E-state index in [0.717, 1.165) is 4.47 Å². The molecule has 0 fully saturated rings. The molecule has 0 radical (unpaired) electrons. The lowest BCUT2D eigenvalue weighted by Crippen LogP contribution is -2.13. The topological polar surface area (TPSA) is 64.3 Å². The van der Waals surface area contributed by atoms with Crippen LogP contribution in [-0.4, -0.2) is 13.0 Å². The van der Waals surface area contributed by atoms with Crippen molar-refractivity contribution in [3.05, 3.63) is 50.9 Å². The molecule has 0 aliphatic rings. The molecule has 0 atom stereocenters. The highest BCUT2D eigenvalue weighted by molar-refractivity contribution is 9.11. The first-order chi connectivity index (χ1) is 9.51. The summed E-state index contributed by atoms with van der Waals surface area (Å²) in [6.45, 7) is 0. The van der Waals surface area contributed by atoms with Crippen molar-refractivity contribution in [2.45, 2.75) is 0 Å². The number of rotatable bonds is 3. The van der Waals surface area contributed by atoms with Crippen LogP contribution in [0.3, 0.4) is 0 Å². The first-order valence-electron chi connectivity index (χ1n) is 5.71. The SMILES string of the molecule is COc1ccc(N)c(NC(=O)c2ccc(Br)cc2Br)c1. The van der Waals surface area contributed by atoms with Crippen LogP contribution in [0.25, 0.3) is 0 Å². The number of nitrogens with one attached hydrogen (secondary N) is 1. The van der Waals surface area contributed by atoms with Crippen LogP contribution in [-0.2, 0) is 0 Å². The van der Waals surface area contributed by atoms with E-state index in [-0.39, 0.29) is 5.91 Å². The number of nitrogen functional groups attached to an aromatic ring is 1. The van der Waals surface area contributed by atoms with Crippen LogP contribution in [0, 0.1) is 0 Å². The standard InChI is InChI=1S/C14H12Br2N2O2/c1-20-9-3-5-12(17)13(7-9)18-14(19)10-4-2-8(15)6-11(10)16/h2-7H,17H2,1H3,(H,18,19). The van der Waals surface area contributed by atoms with Gasteiger partial charge in [0.05, 0.1) is 24.0 Å². The van der Waals surface area contributed by atoms with Gasteiger partial charge in [0.25, 0.3) is 5.91 Å². The fraction of sp³-hybridized carbons (Fsp3) is 0.0714. The molecule has 6 heteroatoms. The van der Waals surface area contributed by atoms with Gasteiger partial charge in [-0.15, -0.1) is 0 Å². The number of anilines is 2. The van der Waals surface area contributed by atoms with Gasteiger partial charge in [-0.1, -0.05) is 15.9 Å². The Bertz CT molecular complexity index is 660. The maximum atomic E-state index is 12.2.